The number of hydrogen-bond donors (Lipinski definition) is 0. The first kappa shape index (κ1) is 15.9. The summed E-state index contributed by atoms with van der Waals surface area (Å²) in [6.07, 6.45) is 7.83. The molecule has 4 aromatic rings. The van der Waals surface area contributed by atoms with Crippen LogP contribution in [0.25, 0.3) is 16.8 Å². The first-order valence-corrected chi connectivity index (χ1v) is 8.89. The molecule has 0 aliphatic heterocycles. The minimum absolute atomic E-state index is 0.157. The van der Waals surface area contributed by atoms with Crippen molar-refractivity contribution in [2.45, 2.75) is 25.9 Å². The van der Waals surface area contributed by atoms with Crippen molar-refractivity contribution in [3.63, 3.8) is 0 Å². The summed E-state index contributed by atoms with van der Waals surface area (Å²) in [5.74, 6) is 0.412. The van der Waals surface area contributed by atoms with Gasteiger partial charge in [0.15, 0.2) is 0 Å². The van der Waals surface area contributed by atoms with Crippen LogP contribution in [0.15, 0.2) is 53.7 Å². The SMILES string of the molecule is O=c1c2cc(-c3ccc(F)cc3)nn2ccn1Cc1cn(CC2CC2)nn1. The Bertz CT molecular complexity index is 1170. The van der Waals surface area contributed by atoms with Crippen molar-refractivity contribution in [1.29, 1.82) is 0 Å². The lowest BCUT2D eigenvalue weighted by molar-refractivity contribution is 0.544. The predicted molar refractivity (Wildman–Crippen MR) is 96.7 cm³/mol. The molecule has 0 radical (unpaired) electrons. The van der Waals surface area contributed by atoms with Gasteiger partial charge in [-0.2, -0.15) is 5.10 Å². The van der Waals surface area contributed by atoms with Gasteiger partial charge in [-0.1, -0.05) is 5.21 Å². The van der Waals surface area contributed by atoms with Gasteiger partial charge in [-0.3, -0.25) is 9.48 Å². The monoisotopic (exact) mass is 364 g/mol. The maximum atomic E-state index is 13.1. The molecule has 1 aliphatic rings. The lowest BCUT2D eigenvalue weighted by Crippen LogP contribution is -2.21. The molecule has 5 rings (SSSR count). The van der Waals surface area contributed by atoms with Crippen LogP contribution in [0.5, 0.6) is 0 Å². The summed E-state index contributed by atoms with van der Waals surface area (Å²) in [5.41, 5.74) is 2.44. The van der Waals surface area contributed by atoms with Crippen molar-refractivity contribution >= 4 is 5.52 Å². The number of hydrogen-bond acceptors (Lipinski definition) is 4. The number of halogens is 1. The number of fused-ring (bicyclic) bond motifs is 1. The molecule has 136 valence electrons. The highest BCUT2D eigenvalue weighted by Gasteiger charge is 2.22. The van der Waals surface area contributed by atoms with Gasteiger partial charge in [0.05, 0.1) is 18.4 Å². The van der Waals surface area contributed by atoms with E-state index in [1.54, 1.807) is 39.7 Å². The second-order valence-corrected chi connectivity index (χ2v) is 6.97. The molecule has 1 fully saturated rings. The van der Waals surface area contributed by atoms with E-state index in [2.05, 4.69) is 15.4 Å². The van der Waals surface area contributed by atoms with E-state index in [4.69, 9.17) is 0 Å². The Morgan fingerprint density at radius 3 is 2.74 bits per heavy atom. The van der Waals surface area contributed by atoms with Gasteiger partial charge in [-0.15, -0.1) is 5.10 Å². The van der Waals surface area contributed by atoms with Gasteiger partial charge in [-0.05, 0) is 49.1 Å². The van der Waals surface area contributed by atoms with Crippen molar-refractivity contribution in [2.75, 3.05) is 0 Å². The summed E-state index contributed by atoms with van der Waals surface area (Å²) in [7, 11) is 0. The molecule has 0 unspecified atom stereocenters. The van der Waals surface area contributed by atoms with Gasteiger partial charge in [-0.25, -0.2) is 8.91 Å². The van der Waals surface area contributed by atoms with Crippen LogP contribution in [0.2, 0.25) is 0 Å². The Kier molecular flexibility index (Phi) is 3.63. The molecule has 1 aliphatic carbocycles. The molecule has 3 aromatic heterocycles. The topological polar surface area (TPSA) is 70.0 Å². The molecule has 0 amide bonds. The predicted octanol–water partition coefficient (Wildman–Crippen LogP) is 2.35. The Labute approximate surface area is 153 Å². The molecule has 27 heavy (non-hydrogen) atoms. The lowest BCUT2D eigenvalue weighted by atomic mass is 10.1. The first-order chi connectivity index (χ1) is 13.2. The van der Waals surface area contributed by atoms with E-state index in [-0.39, 0.29) is 11.4 Å². The van der Waals surface area contributed by atoms with Crippen LogP contribution in [0.3, 0.4) is 0 Å². The van der Waals surface area contributed by atoms with E-state index in [0.29, 0.717) is 17.8 Å². The summed E-state index contributed by atoms with van der Waals surface area (Å²) in [4.78, 5) is 12.8. The van der Waals surface area contributed by atoms with E-state index < -0.39 is 0 Å². The van der Waals surface area contributed by atoms with E-state index in [0.717, 1.165) is 23.7 Å². The molecule has 1 aromatic carbocycles. The molecular formula is C19H17FN6O. The molecule has 1 saturated carbocycles. The molecule has 0 bridgehead atoms. The largest absolute Gasteiger partial charge is 0.306 e. The maximum absolute atomic E-state index is 13.1. The minimum atomic E-state index is -0.306. The highest BCUT2D eigenvalue weighted by molar-refractivity contribution is 5.65. The fraction of sp³-hybridized carbons (Fsp3) is 0.263. The van der Waals surface area contributed by atoms with Crippen molar-refractivity contribution < 1.29 is 4.39 Å². The smallest absolute Gasteiger partial charge is 0.276 e. The molecule has 8 heteroatoms. The average Bonchev–Trinajstić information content (AvgIpc) is 3.19. The zero-order valence-corrected chi connectivity index (χ0v) is 14.5. The van der Waals surface area contributed by atoms with E-state index in [1.807, 2.05) is 10.9 Å². The van der Waals surface area contributed by atoms with Gasteiger partial charge in [0.25, 0.3) is 5.56 Å². The van der Waals surface area contributed by atoms with Crippen molar-refractivity contribution in [3.8, 4) is 11.3 Å². The van der Waals surface area contributed by atoms with Crippen LogP contribution in [0.1, 0.15) is 18.5 Å². The van der Waals surface area contributed by atoms with Gasteiger partial charge >= 0.3 is 0 Å². The Balaban J connectivity index is 1.45. The second kappa shape index (κ2) is 6.15. The van der Waals surface area contributed by atoms with E-state index in [1.165, 1.54) is 25.0 Å². The molecule has 0 spiro atoms. The fourth-order valence-corrected chi connectivity index (χ4v) is 3.15. The molecule has 3 heterocycles. The second-order valence-electron chi connectivity index (χ2n) is 6.97. The quantitative estimate of drug-likeness (QED) is 0.545. The summed E-state index contributed by atoms with van der Waals surface area (Å²) in [6, 6.07) is 7.77. The highest BCUT2D eigenvalue weighted by atomic mass is 19.1. The molecule has 0 N–H and O–H groups in total. The fourth-order valence-electron chi connectivity index (χ4n) is 3.15. The number of aromatic nitrogens is 6. The lowest BCUT2D eigenvalue weighted by Gasteiger charge is -2.03. The number of rotatable bonds is 5. The minimum Gasteiger partial charge on any atom is -0.306 e. The van der Waals surface area contributed by atoms with Crippen molar-refractivity contribution in [3.05, 3.63) is 70.8 Å². The third-order valence-corrected chi connectivity index (χ3v) is 4.80. The van der Waals surface area contributed by atoms with Crippen LogP contribution in [0, 0.1) is 11.7 Å². The molecular weight excluding hydrogens is 347 g/mol. The van der Waals surface area contributed by atoms with Gasteiger partial charge in [0.2, 0.25) is 0 Å². The Hall–Kier alpha value is -3.29. The van der Waals surface area contributed by atoms with Gasteiger partial charge in [0.1, 0.15) is 17.0 Å². The maximum Gasteiger partial charge on any atom is 0.276 e. The third kappa shape index (κ3) is 3.14. The molecule has 0 atom stereocenters. The summed E-state index contributed by atoms with van der Waals surface area (Å²) < 4.78 is 18.1. The first-order valence-electron chi connectivity index (χ1n) is 8.89. The van der Waals surface area contributed by atoms with Crippen LogP contribution in [0.4, 0.5) is 4.39 Å². The summed E-state index contributed by atoms with van der Waals surface area (Å²) in [5, 5.41) is 12.7. The zero-order chi connectivity index (χ0) is 18.4. The summed E-state index contributed by atoms with van der Waals surface area (Å²) >= 11 is 0. The van der Waals surface area contributed by atoms with Crippen LogP contribution in [-0.2, 0) is 13.1 Å². The van der Waals surface area contributed by atoms with Crippen LogP contribution in [-0.4, -0.2) is 29.2 Å². The third-order valence-electron chi connectivity index (χ3n) is 4.80. The van der Waals surface area contributed by atoms with Gasteiger partial charge in [0, 0.05) is 24.5 Å². The molecule has 0 saturated heterocycles. The van der Waals surface area contributed by atoms with Crippen LogP contribution < -0.4 is 5.56 Å². The standard InChI is InChI=1S/C19H17FN6O/c20-15-5-3-14(4-6-15)17-9-18-19(27)24(7-8-26(18)22-17)11-16-12-25(23-21-16)10-13-1-2-13/h3-9,12-13H,1-2,10-11H2. The van der Waals surface area contributed by atoms with Crippen molar-refractivity contribution in [2.24, 2.45) is 5.92 Å². The number of nitrogens with zero attached hydrogens (tertiary/aromatic N) is 6. The van der Waals surface area contributed by atoms with Crippen molar-refractivity contribution in [1.82, 2.24) is 29.2 Å². The summed E-state index contributed by atoms with van der Waals surface area (Å²) in [6.45, 7) is 1.25. The Morgan fingerprint density at radius 2 is 1.96 bits per heavy atom. The Morgan fingerprint density at radius 1 is 1.15 bits per heavy atom. The average molecular weight is 364 g/mol. The normalized spacial score (nSPS) is 14.1. The number of benzene rings is 1. The highest BCUT2D eigenvalue weighted by Crippen LogP contribution is 2.30. The zero-order valence-electron chi connectivity index (χ0n) is 14.5. The van der Waals surface area contributed by atoms with Crippen LogP contribution >= 0.6 is 0 Å². The van der Waals surface area contributed by atoms with Gasteiger partial charge < -0.3 is 4.57 Å². The molecule has 7 nitrogen and oxygen atoms in total. The van der Waals surface area contributed by atoms with E-state index >= 15 is 0 Å². The van der Waals surface area contributed by atoms with E-state index in [9.17, 15) is 9.18 Å².